The van der Waals surface area contributed by atoms with Gasteiger partial charge in [-0.15, -0.1) is 0 Å². The summed E-state index contributed by atoms with van der Waals surface area (Å²) in [7, 11) is 0. The number of hydrogen-bond acceptors (Lipinski definition) is 7. The van der Waals surface area contributed by atoms with Gasteiger partial charge in [0.25, 0.3) is 0 Å². The Morgan fingerprint density at radius 2 is 1.86 bits per heavy atom. The lowest BCUT2D eigenvalue weighted by molar-refractivity contribution is -0.113. The number of aromatic nitrogens is 3. The van der Waals surface area contributed by atoms with E-state index in [9.17, 15) is 4.79 Å². The molecule has 0 spiro atoms. The second-order valence-corrected chi connectivity index (χ2v) is 5.43. The van der Waals surface area contributed by atoms with E-state index in [4.69, 9.17) is 11.5 Å². The first kappa shape index (κ1) is 15.0. The molecule has 8 heteroatoms. The monoisotopic (exact) mass is 304 g/mol. The normalized spacial score (nSPS) is 10.4. The van der Waals surface area contributed by atoms with Gasteiger partial charge in [0.1, 0.15) is 0 Å². The lowest BCUT2D eigenvalue weighted by atomic mass is 10.1. The van der Waals surface area contributed by atoms with Crippen molar-refractivity contribution in [1.29, 1.82) is 0 Å². The van der Waals surface area contributed by atoms with E-state index in [0.717, 1.165) is 28.6 Å². The number of amides is 1. The van der Waals surface area contributed by atoms with Crippen LogP contribution in [-0.2, 0) is 4.79 Å². The summed E-state index contributed by atoms with van der Waals surface area (Å²) in [5.74, 6) is 0.0992. The summed E-state index contributed by atoms with van der Waals surface area (Å²) >= 11 is 1.15. The number of benzene rings is 1. The van der Waals surface area contributed by atoms with Crippen molar-refractivity contribution in [2.75, 3.05) is 22.5 Å². The van der Waals surface area contributed by atoms with Gasteiger partial charge in [0.15, 0.2) is 5.16 Å². The van der Waals surface area contributed by atoms with Crippen molar-refractivity contribution in [3.05, 3.63) is 29.3 Å². The Balaban J connectivity index is 1.97. The zero-order valence-corrected chi connectivity index (χ0v) is 12.6. The minimum atomic E-state index is -0.147. The summed E-state index contributed by atoms with van der Waals surface area (Å²) in [4.78, 5) is 23.4. The fraction of sp³-hybridized carbons (Fsp3) is 0.231. The molecule has 110 valence electrons. The predicted octanol–water partition coefficient (Wildman–Crippen LogP) is 1.38. The van der Waals surface area contributed by atoms with Crippen LogP contribution in [0.15, 0.2) is 23.4 Å². The largest absolute Gasteiger partial charge is 0.368 e. The molecule has 0 aliphatic heterocycles. The highest BCUT2D eigenvalue weighted by molar-refractivity contribution is 7.99. The number of anilines is 3. The van der Waals surface area contributed by atoms with Gasteiger partial charge in [-0.05, 0) is 31.0 Å². The van der Waals surface area contributed by atoms with Crippen LogP contribution in [0.25, 0.3) is 0 Å². The minimum absolute atomic E-state index is 0.0416. The van der Waals surface area contributed by atoms with Crippen LogP contribution in [-0.4, -0.2) is 26.6 Å². The maximum Gasteiger partial charge on any atom is 0.234 e. The Bertz CT molecular complexity index is 655. The van der Waals surface area contributed by atoms with E-state index in [1.54, 1.807) is 0 Å². The van der Waals surface area contributed by atoms with Crippen molar-refractivity contribution in [3.8, 4) is 0 Å². The molecule has 1 amide bonds. The smallest absolute Gasteiger partial charge is 0.234 e. The summed E-state index contributed by atoms with van der Waals surface area (Å²) in [6, 6.07) is 5.89. The molecule has 2 aromatic rings. The molecule has 0 fully saturated rings. The first-order valence-corrected chi connectivity index (χ1v) is 7.19. The van der Waals surface area contributed by atoms with Gasteiger partial charge < -0.3 is 16.8 Å². The molecule has 0 aliphatic carbocycles. The minimum Gasteiger partial charge on any atom is -0.368 e. The first-order valence-electron chi connectivity index (χ1n) is 6.21. The summed E-state index contributed by atoms with van der Waals surface area (Å²) < 4.78 is 0. The maximum atomic E-state index is 12.0. The molecular formula is C13H16N6OS. The SMILES string of the molecule is Cc1ccc(C)c(NC(=O)CSc2nc(N)nc(N)n2)c1. The quantitative estimate of drug-likeness (QED) is 0.730. The summed E-state index contributed by atoms with van der Waals surface area (Å²) in [5.41, 5.74) is 13.8. The maximum absolute atomic E-state index is 12.0. The van der Waals surface area contributed by atoms with Gasteiger partial charge >= 0.3 is 0 Å². The van der Waals surface area contributed by atoms with Gasteiger partial charge in [0.2, 0.25) is 17.8 Å². The van der Waals surface area contributed by atoms with Crippen LogP contribution in [0.1, 0.15) is 11.1 Å². The zero-order valence-electron chi connectivity index (χ0n) is 11.8. The highest BCUT2D eigenvalue weighted by Gasteiger charge is 2.09. The van der Waals surface area contributed by atoms with Crippen LogP contribution in [0.4, 0.5) is 17.6 Å². The highest BCUT2D eigenvalue weighted by atomic mass is 32.2. The first-order chi connectivity index (χ1) is 9.94. The molecule has 5 N–H and O–H groups in total. The predicted molar refractivity (Wildman–Crippen MR) is 83.9 cm³/mol. The number of rotatable bonds is 4. The molecule has 1 heterocycles. The third-order valence-electron chi connectivity index (χ3n) is 2.65. The fourth-order valence-corrected chi connectivity index (χ4v) is 2.29. The highest BCUT2D eigenvalue weighted by Crippen LogP contribution is 2.18. The van der Waals surface area contributed by atoms with E-state index >= 15 is 0 Å². The Labute approximate surface area is 126 Å². The zero-order chi connectivity index (χ0) is 15.4. The molecule has 0 unspecified atom stereocenters. The molecular weight excluding hydrogens is 288 g/mol. The molecule has 1 aromatic carbocycles. The van der Waals surface area contributed by atoms with E-state index in [1.807, 2.05) is 32.0 Å². The number of nitrogens with one attached hydrogen (secondary N) is 1. The average Bonchev–Trinajstić information content (AvgIpc) is 2.40. The van der Waals surface area contributed by atoms with E-state index in [2.05, 4.69) is 20.3 Å². The molecule has 0 atom stereocenters. The van der Waals surface area contributed by atoms with Gasteiger partial charge in [0.05, 0.1) is 5.75 Å². The Kier molecular flexibility index (Phi) is 4.59. The van der Waals surface area contributed by atoms with E-state index in [-0.39, 0.29) is 23.6 Å². The molecule has 0 radical (unpaired) electrons. The summed E-state index contributed by atoms with van der Waals surface area (Å²) in [6.45, 7) is 3.91. The number of carbonyl (C=O) groups is 1. The molecule has 2 rings (SSSR count). The van der Waals surface area contributed by atoms with Crippen molar-refractivity contribution < 1.29 is 4.79 Å². The van der Waals surface area contributed by atoms with Crippen LogP contribution in [0, 0.1) is 13.8 Å². The number of nitrogen functional groups attached to an aromatic ring is 2. The van der Waals surface area contributed by atoms with Crippen molar-refractivity contribution in [2.45, 2.75) is 19.0 Å². The van der Waals surface area contributed by atoms with Crippen LogP contribution in [0.2, 0.25) is 0 Å². The topological polar surface area (TPSA) is 120 Å². The second-order valence-electron chi connectivity index (χ2n) is 4.49. The fourth-order valence-electron chi connectivity index (χ4n) is 1.64. The van der Waals surface area contributed by atoms with Gasteiger partial charge in [-0.25, -0.2) is 0 Å². The lowest BCUT2D eigenvalue weighted by Crippen LogP contribution is -2.15. The van der Waals surface area contributed by atoms with E-state index in [0.29, 0.717) is 5.16 Å². The Hall–Kier alpha value is -2.35. The van der Waals surface area contributed by atoms with Crippen molar-refractivity contribution in [1.82, 2.24) is 15.0 Å². The Morgan fingerprint density at radius 1 is 1.19 bits per heavy atom. The van der Waals surface area contributed by atoms with Gasteiger partial charge in [-0.2, -0.15) is 15.0 Å². The number of nitrogens with zero attached hydrogens (tertiary/aromatic N) is 3. The number of thioether (sulfide) groups is 1. The van der Waals surface area contributed by atoms with Gasteiger partial charge in [-0.3, -0.25) is 4.79 Å². The third-order valence-corrected chi connectivity index (χ3v) is 3.50. The molecule has 0 aliphatic rings. The molecule has 0 saturated carbocycles. The standard InChI is InChI=1S/C13H16N6OS/c1-7-3-4-8(2)9(5-7)16-10(20)6-21-13-18-11(14)17-12(15)19-13/h3-5H,6H2,1-2H3,(H,16,20)(H4,14,15,17,18,19). The lowest BCUT2D eigenvalue weighted by Gasteiger charge is -2.09. The second kappa shape index (κ2) is 6.40. The van der Waals surface area contributed by atoms with Crippen LogP contribution < -0.4 is 16.8 Å². The van der Waals surface area contributed by atoms with Crippen LogP contribution in [0.5, 0.6) is 0 Å². The molecule has 1 aromatic heterocycles. The molecule has 21 heavy (non-hydrogen) atoms. The average molecular weight is 304 g/mol. The number of aryl methyl sites for hydroxylation is 2. The number of hydrogen-bond donors (Lipinski definition) is 3. The third kappa shape index (κ3) is 4.32. The summed E-state index contributed by atoms with van der Waals surface area (Å²) in [6.07, 6.45) is 0. The number of carbonyl (C=O) groups excluding carboxylic acids is 1. The Morgan fingerprint density at radius 3 is 2.52 bits per heavy atom. The molecule has 0 saturated heterocycles. The number of nitrogens with two attached hydrogens (primary N) is 2. The molecule has 7 nitrogen and oxygen atoms in total. The molecule has 0 bridgehead atoms. The van der Waals surface area contributed by atoms with Crippen LogP contribution >= 0.6 is 11.8 Å². The van der Waals surface area contributed by atoms with E-state index < -0.39 is 0 Å². The van der Waals surface area contributed by atoms with Gasteiger partial charge in [-0.1, -0.05) is 23.9 Å². The van der Waals surface area contributed by atoms with E-state index in [1.165, 1.54) is 0 Å². The van der Waals surface area contributed by atoms with Gasteiger partial charge in [0, 0.05) is 5.69 Å². The van der Waals surface area contributed by atoms with Crippen molar-refractivity contribution >= 4 is 35.3 Å². The van der Waals surface area contributed by atoms with Crippen molar-refractivity contribution in [2.24, 2.45) is 0 Å². The summed E-state index contributed by atoms with van der Waals surface area (Å²) in [5, 5.41) is 3.19. The van der Waals surface area contributed by atoms with Crippen LogP contribution in [0.3, 0.4) is 0 Å². The van der Waals surface area contributed by atoms with Crippen molar-refractivity contribution in [3.63, 3.8) is 0 Å².